The Morgan fingerprint density at radius 2 is 1.75 bits per heavy atom. The first-order valence-electron chi connectivity index (χ1n) is 9.38. The van der Waals surface area contributed by atoms with Crippen LogP contribution in [0.3, 0.4) is 0 Å². The molecule has 3 fully saturated rings. The van der Waals surface area contributed by atoms with E-state index >= 15 is 0 Å². The third kappa shape index (κ3) is 2.48. The van der Waals surface area contributed by atoms with Crippen LogP contribution in [0.2, 0.25) is 10.0 Å². The molecule has 3 saturated heterocycles. The predicted molar refractivity (Wildman–Crippen MR) is 105 cm³/mol. The molecule has 0 spiro atoms. The highest BCUT2D eigenvalue weighted by Gasteiger charge is 2.63. The Labute approximate surface area is 172 Å². The number of aryl methyl sites for hydroxylation is 1. The highest BCUT2D eigenvalue weighted by atomic mass is 35.5. The van der Waals surface area contributed by atoms with Gasteiger partial charge in [0.1, 0.15) is 0 Å². The van der Waals surface area contributed by atoms with Gasteiger partial charge in [0.05, 0.1) is 47.7 Å². The van der Waals surface area contributed by atoms with Gasteiger partial charge in [-0.25, -0.2) is 4.90 Å². The number of hydrogen-bond donors (Lipinski definition) is 0. The molecule has 4 atom stereocenters. The Kier molecular flexibility index (Phi) is 4.09. The summed E-state index contributed by atoms with van der Waals surface area (Å²) < 4.78 is 7.59. The first-order valence-corrected chi connectivity index (χ1v) is 10.1. The Hall–Kier alpha value is -1.89. The van der Waals surface area contributed by atoms with Crippen molar-refractivity contribution in [3.63, 3.8) is 0 Å². The number of imide groups is 1. The van der Waals surface area contributed by atoms with Crippen LogP contribution in [0.15, 0.2) is 18.2 Å². The van der Waals surface area contributed by atoms with Gasteiger partial charge in [-0.1, -0.05) is 29.3 Å². The summed E-state index contributed by atoms with van der Waals surface area (Å²) in [5, 5.41) is 5.70. The number of halogens is 2. The molecule has 146 valence electrons. The Bertz CT molecular complexity index is 990. The standard InChI is InChI=1S/C20H19Cl2N3O3/c1-9-18(10(2)24(23-9)8-11-3-4-12(21)7-13(11)22)25-19(26)16-14-5-6-15(28-14)17(16)20(25)27/h3-4,7,14-17H,5-6,8H2,1-2H3/t14-,15+,16-,17+. The van der Waals surface area contributed by atoms with Crippen LogP contribution >= 0.6 is 23.2 Å². The van der Waals surface area contributed by atoms with Crippen molar-refractivity contribution >= 4 is 40.7 Å². The van der Waals surface area contributed by atoms with Crippen LogP contribution in [0.4, 0.5) is 5.69 Å². The van der Waals surface area contributed by atoms with Crippen molar-refractivity contribution in [2.24, 2.45) is 11.8 Å². The van der Waals surface area contributed by atoms with E-state index in [1.54, 1.807) is 16.8 Å². The number of carbonyl (C=O) groups excluding carboxylic acids is 2. The fraction of sp³-hybridized carbons (Fsp3) is 0.450. The Morgan fingerprint density at radius 1 is 1.11 bits per heavy atom. The summed E-state index contributed by atoms with van der Waals surface area (Å²) in [5.41, 5.74) is 2.87. The average Bonchev–Trinajstić information content (AvgIpc) is 3.37. The van der Waals surface area contributed by atoms with Crippen molar-refractivity contribution in [1.82, 2.24) is 9.78 Å². The van der Waals surface area contributed by atoms with Crippen molar-refractivity contribution < 1.29 is 14.3 Å². The third-order valence-corrected chi connectivity index (χ3v) is 6.77. The summed E-state index contributed by atoms with van der Waals surface area (Å²) in [5.74, 6) is -1.01. The molecule has 0 unspecified atom stereocenters. The lowest BCUT2D eigenvalue weighted by molar-refractivity contribution is -0.124. The maximum atomic E-state index is 13.1. The van der Waals surface area contributed by atoms with Crippen molar-refractivity contribution in [1.29, 1.82) is 0 Å². The van der Waals surface area contributed by atoms with Crippen molar-refractivity contribution in [3.8, 4) is 0 Å². The van der Waals surface area contributed by atoms with E-state index in [1.165, 1.54) is 4.90 Å². The topological polar surface area (TPSA) is 64.4 Å². The molecule has 1 aromatic carbocycles. The van der Waals surface area contributed by atoms with Gasteiger partial charge in [0, 0.05) is 10.0 Å². The van der Waals surface area contributed by atoms with E-state index in [0.29, 0.717) is 28.0 Å². The summed E-state index contributed by atoms with van der Waals surface area (Å²) >= 11 is 12.3. The molecule has 2 aromatic rings. The summed E-state index contributed by atoms with van der Waals surface area (Å²) in [4.78, 5) is 27.6. The quantitative estimate of drug-likeness (QED) is 0.713. The second-order valence-corrected chi connectivity index (χ2v) is 8.61. The minimum Gasteiger partial charge on any atom is -0.373 e. The van der Waals surface area contributed by atoms with Gasteiger partial charge in [-0.2, -0.15) is 5.10 Å². The second-order valence-electron chi connectivity index (χ2n) is 7.77. The zero-order valence-corrected chi connectivity index (χ0v) is 17.0. The van der Waals surface area contributed by atoms with E-state index in [2.05, 4.69) is 5.10 Å². The molecular weight excluding hydrogens is 401 g/mol. The van der Waals surface area contributed by atoms with Gasteiger partial charge in [0.2, 0.25) is 11.8 Å². The number of nitrogens with zero attached hydrogens (tertiary/aromatic N) is 3. The summed E-state index contributed by atoms with van der Waals surface area (Å²) in [6.45, 7) is 4.13. The number of carbonyl (C=O) groups is 2. The number of aromatic nitrogens is 2. The molecule has 0 radical (unpaired) electrons. The molecule has 3 aliphatic heterocycles. The lowest BCUT2D eigenvalue weighted by Gasteiger charge is -2.18. The smallest absolute Gasteiger partial charge is 0.240 e. The molecule has 28 heavy (non-hydrogen) atoms. The molecule has 0 aliphatic carbocycles. The Morgan fingerprint density at radius 3 is 2.36 bits per heavy atom. The minimum atomic E-state index is -0.348. The summed E-state index contributed by atoms with van der Waals surface area (Å²) in [7, 11) is 0. The van der Waals surface area contributed by atoms with Gasteiger partial charge in [-0.05, 0) is 44.4 Å². The number of fused-ring (bicyclic) bond motifs is 5. The van der Waals surface area contributed by atoms with Crippen molar-refractivity contribution in [2.45, 2.75) is 45.4 Å². The molecule has 6 nitrogen and oxygen atoms in total. The van der Waals surface area contributed by atoms with Crippen LogP contribution < -0.4 is 4.90 Å². The van der Waals surface area contributed by atoms with E-state index in [0.717, 1.165) is 24.1 Å². The largest absolute Gasteiger partial charge is 0.373 e. The van der Waals surface area contributed by atoms with E-state index < -0.39 is 0 Å². The number of hydrogen-bond acceptors (Lipinski definition) is 4. The third-order valence-electron chi connectivity index (χ3n) is 6.19. The number of benzene rings is 1. The average molecular weight is 420 g/mol. The van der Waals surface area contributed by atoms with E-state index in [1.807, 2.05) is 19.9 Å². The molecule has 0 N–H and O–H groups in total. The normalized spacial score (nSPS) is 28.5. The summed E-state index contributed by atoms with van der Waals surface area (Å²) in [6, 6.07) is 5.32. The zero-order chi connectivity index (χ0) is 19.7. The van der Waals surface area contributed by atoms with Crippen LogP contribution in [-0.4, -0.2) is 33.8 Å². The van der Waals surface area contributed by atoms with Gasteiger partial charge in [-0.15, -0.1) is 0 Å². The van der Waals surface area contributed by atoms with Gasteiger partial charge < -0.3 is 4.74 Å². The molecule has 0 saturated carbocycles. The molecule has 5 rings (SSSR count). The fourth-order valence-electron chi connectivity index (χ4n) is 4.91. The molecule has 1 aromatic heterocycles. The van der Waals surface area contributed by atoms with Gasteiger partial charge in [-0.3, -0.25) is 14.3 Å². The van der Waals surface area contributed by atoms with Crippen LogP contribution in [0, 0.1) is 25.7 Å². The maximum Gasteiger partial charge on any atom is 0.240 e. The number of ether oxygens (including phenoxy) is 1. The predicted octanol–water partition coefficient (Wildman–Crippen LogP) is 3.52. The van der Waals surface area contributed by atoms with Crippen molar-refractivity contribution in [2.75, 3.05) is 4.90 Å². The highest BCUT2D eigenvalue weighted by molar-refractivity contribution is 6.35. The highest BCUT2D eigenvalue weighted by Crippen LogP contribution is 2.50. The van der Waals surface area contributed by atoms with Crippen LogP contribution in [-0.2, 0) is 20.9 Å². The molecule has 3 aliphatic rings. The van der Waals surface area contributed by atoms with Gasteiger partial charge >= 0.3 is 0 Å². The fourth-order valence-corrected chi connectivity index (χ4v) is 5.38. The van der Waals surface area contributed by atoms with Crippen LogP contribution in [0.5, 0.6) is 0 Å². The zero-order valence-electron chi connectivity index (χ0n) is 15.5. The lowest BCUT2D eigenvalue weighted by Crippen LogP contribution is -2.35. The van der Waals surface area contributed by atoms with Gasteiger partial charge in [0.15, 0.2) is 0 Å². The number of rotatable bonds is 3. The molecule has 2 amide bonds. The summed E-state index contributed by atoms with van der Waals surface area (Å²) in [6.07, 6.45) is 1.45. The molecular formula is C20H19Cl2N3O3. The second kappa shape index (κ2) is 6.31. The monoisotopic (exact) mass is 419 g/mol. The maximum absolute atomic E-state index is 13.1. The van der Waals surface area contributed by atoms with Crippen LogP contribution in [0.25, 0.3) is 0 Å². The molecule has 2 bridgehead atoms. The molecule has 8 heteroatoms. The SMILES string of the molecule is Cc1nn(Cc2ccc(Cl)cc2Cl)c(C)c1N1C(=O)[C@@H]2[C@H](C1=O)[C@H]1CC[C@@H]2O1. The Balaban J connectivity index is 1.50. The first kappa shape index (κ1) is 18.2. The van der Waals surface area contributed by atoms with Crippen molar-refractivity contribution in [3.05, 3.63) is 45.2 Å². The lowest BCUT2D eigenvalue weighted by atomic mass is 9.81. The van der Waals surface area contributed by atoms with E-state index in [4.69, 9.17) is 27.9 Å². The van der Waals surface area contributed by atoms with E-state index in [9.17, 15) is 9.59 Å². The molecule has 4 heterocycles. The number of anilines is 1. The van der Waals surface area contributed by atoms with Crippen LogP contribution in [0.1, 0.15) is 29.8 Å². The first-order chi connectivity index (χ1) is 13.4. The van der Waals surface area contributed by atoms with Gasteiger partial charge in [0.25, 0.3) is 0 Å². The van der Waals surface area contributed by atoms with E-state index in [-0.39, 0.29) is 35.9 Å². The number of amides is 2. The minimum absolute atomic E-state index is 0.125.